The molecule has 29 heavy (non-hydrogen) atoms. The second-order valence-corrected chi connectivity index (χ2v) is 8.29. The largest absolute Gasteiger partial charge is 0.480 e. The molecule has 1 aliphatic rings. The van der Waals surface area contributed by atoms with E-state index in [1.807, 2.05) is 24.3 Å². The van der Waals surface area contributed by atoms with Crippen LogP contribution in [0.25, 0.3) is 10.9 Å². The summed E-state index contributed by atoms with van der Waals surface area (Å²) in [6, 6.07) is 5.76. The number of nitrogens with zero attached hydrogens (tertiary/aromatic N) is 1. The lowest BCUT2D eigenvalue weighted by atomic mass is 10.0. The van der Waals surface area contributed by atoms with Gasteiger partial charge in [0.15, 0.2) is 0 Å². The molecule has 0 radical (unpaired) electrons. The first kappa shape index (κ1) is 20.7. The summed E-state index contributed by atoms with van der Waals surface area (Å²) < 4.78 is 5.37. The second kappa shape index (κ2) is 8.14. The molecule has 0 bridgehead atoms. The van der Waals surface area contributed by atoms with Crippen molar-refractivity contribution >= 4 is 28.9 Å². The summed E-state index contributed by atoms with van der Waals surface area (Å²) in [5.41, 5.74) is 1.05. The molecule has 0 spiro atoms. The summed E-state index contributed by atoms with van der Waals surface area (Å²) >= 11 is 0. The molecule has 1 aromatic heterocycles. The van der Waals surface area contributed by atoms with Crippen molar-refractivity contribution in [3.8, 4) is 0 Å². The summed E-state index contributed by atoms with van der Waals surface area (Å²) in [5, 5.41) is 13.2. The topological polar surface area (TPSA) is 112 Å². The summed E-state index contributed by atoms with van der Waals surface area (Å²) in [5.74, 6) is -1.59. The van der Waals surface area contributed by atoms with Gasteiger partial charge in [0.25, 0.3) is 0 Å². The molecule has 1 fully saturated rings. The van der Waals surface area contributed by atoms with Gasteiger partial charge in [0.1, 0.15) is 17.7 Å². The van der Waals surface area contributed by atoms with Gasteiger partial charge in [-0.2, -0.15) is 0 Å². The fourth-order valence-electron chi connectivity index (χ4n) is 3.57. The monoisotopic (exact) mass is 401 g/mol. The first-order valence-corrected chi connectivity index (χ1v) is 9.73. The number of fused-ring (bicyclic) bond motifs is 1. The van der Waals surface area contributed by atoms with Crippen molar-refractivity contribution in [3.05, 3.63) is 36.0 Å². The predicted molar refractivity (Wildman–Crippen MR) is 108 cm³/mol. The molecular weight excluding hydrogens is 374 g/mol. The third kappa shape index (κ3) is 4.88. The van der Waals surface area contributed by atoms with E-state index in [0.717, 1.165) is 16.5 Å². The summed E-state index contributed by atoms with van der Waals surface area (Å²) in [6.45, 7) is 5.69. The molecule has 2 atom stereocenters. The fraction of sp³-hybridized carbons (Fsp3) is 0.476. The number of aromatic amines is 1. The minimum Gasteiger partial charge on any atom is -0.480 e. The molecule has 3 rings (SSSR count). The Hall–Kier alpha value is -3.03. The second-order valence-electron chi connectivity index (χ2n) is 8.29. The number of para-hydroxylation sites is 1. The number of aromatic nitrogens is 1. The van der Waals surface area contributed by atoms with Crippen LogP contribution in [0.5, 0.6) is 0 Å². The van der Waals surface area contributed by atoms with E-state index in [2.05, 4.69) is 10.3 Å². The van der Waals surface area contributed by atoms with Crippen LogP contribution in [0.4, 0.5) is 4.79 Å². The molecule has 0 unspecified atom stereocenters. The van der Waals surface area contributed by atoms with E-state index in [4.69, 9.17) is 4.74 Å². The Labute approximate surface area is 169 Å². The molecular formula is C21H27N3O5. The van der Waals surface area contributed by atoms with Gasteiger partial charge in [0, 0.05) is 30.1 Å². The van der Waals surface area contributed by atoms with Gasteiger partial charge in [-0.25, -0.2) is 9.59 Å². The quantitative estimate of drug-likeness (QED) is 0.713. The van der Waals surface area contributed by atoms with E-state index in [1.54, 1.807) is 27.0 Å². The minimum absolute atomic E-state index is 0.143. The summed E-state index contributed by atoms with van der Waals surface area (Å²) in [7, 11) is 0. The normalized spacial score (nSPS) is 17.9. The van der Waals surface area contributed by atoms with Crippen LogP contribution in [0, 0.1) is 0 Å². The summed E-state index contributed by atoms with van der Waals surface area (Å²) in [4.78, 5) is 41.5. The number of hydrogen-bond acceptors (Lipinski definition) is 4. The SMILES string of the molecule is CC(C)(C)OC(=O)N1CCC[C@H]1C(=O)N[C@@H](Cc1c[nH]c2ccccc12)C(=O)O. The molecule has 0 aliphatic carbocycles. The molecule has 1 saturated heterocycles. The number of likely N-dealkylation sites (tertiary alicyclic amines) is 1. The third-order valence-corrected chi connectivity index (χ3v) is 4.90. The number of hydrogen-bond donors (Lipinski definition) is 3. The van der Waals surface area contributed by atoms with E-state index in [9.17, 15) is 19.5 Å². The van der Waals surface area contributed by atoms with Crippen molar-refractivity contribution in [2.75, 3.05) is 6.54 Å². The smallest absolute Gasteiger partial charge is 0.410 e. The number of carboxylic acids is 1. The summed E-state index contributed by atoms with van der Waals surface area (Å²) in [6.07, 6.45) is 2.49. The number of rotatable bonds is 5. The number of carboxylic acid groups (broad SMARTS) is 1. The molecule has 8 nitrogen and oxygen atoms in total. The Kier molecular flexibility index (Phi) is 5.81. The van der Waals surface area contributed by atoms with Crippen molar-refractivity contribution in [2.45, 2.75) is 57.7 Å². The maximum atomic E-state index is 12.8. The van der Waals surface area contributed by atoms with E-state index >= 15 is 0 Å². The van der Waals surface area contributed by atoms with Gasteiger partial charge in [0.05, 0.1) is 0 Å². The highest BCUT2D eigenvalue weighted by molar-refractivity contribution is 5.90. The number of amides is 2. The Morgan fingerprint density at radius 2 is 2.03 bits per heavy atom. The predicted octanol–water partition coefficient (Wildman–Crippen LogP) is 2.68. The first-order chi connectivity index (χ1) is 13.7. The number of ether oxygens (including phenoxy) is 1. The zero-order chi connectivity index (χ0) is 21.2. The van der Waals surface area contributed by atoms with Crippen LogP contribution < -0.4 is 5.32 Å². The average Bonchev–Trinajstić information content (AvgIpc) is 3.27. The molecule has 2 aromatic rings. The molecule has 0 saturated carbocycles. The maximum Gasteiger partial charge on any atom is 0.410 e. The van der Waals surface area contributed by atoms with Gasteiger partial charge in [-0.05, 0) is 45.2 Å². The van der Waals surface area contributed by atoms with Gasteiger partial charge >= 0.3 is 12.1 Å². The molecule has 2 amide bonds. The van der Waals surface area contributed by atoms with Crippen molar-refractivity contribution in [1.82, 2.24) is 15.2 Å². The van der Waals surface area contributed by atoms with Crippen LogP contribution in [0.3, 0.4) is 0 Å². The molecule has 8 heteroatoms. The number of aliphatic carboxylic acids is 1. The highest BCUT2D eigenvalue weighted by atomic mass is 16.6. The molecule has 1 aromatic carbocycles. The fourth-order valence-corrected chi connectivity index (χ4v) is 3.57. The lowest BCUT2D eigenvalue weighted by Gasteiger charge is -2.28. The molecule has 156 valence electrons. The van der Waals surface area contributed by atoms with Crippen molar-refractivity contribution in [1.29, 1.82) is 0 Å². The molecule has 2 heterocycles. The first-order valence-electron chi connectivity index (χ1n) is 9.73. The van der Waals surface area contributed by atoms with Crippen LogP contribution >= 0.6 is 0 Å². The average molecular weight is 401 g/mol. The van der Waals surface area contributed by atoms with E-state index in [1.165, 1.54) is 4.90 Å². The van der Waals surface area contributed by atoms with E-state index < -0.39 is 35.7 Å². The van der Waals surface area contributed by atoms with Crippen LogP contribution in [0.15, 0.2) is 30.5 Å². The van der Waals surface area contributed by atoms with Gasteiger partial charge in [-0.1, -0.05) is 18.2 Å². The van der Waals surface area contributed by atoms with Gasteiger partial charge in [-0.3, -0.25) is 9.69 Å². The minimum atomic E-state index is -1.12. The number of carbonyl (C=O) groups excluding carboxylic acids is 2. The Morgan fingerprint density at radius 1 is 1.31 bits per heavy atom. The lowest BCUT2D eigenvalue weighted by Crippen LogP contribution is -2.52. The van der Waals surface area contributed by atoms with Crippen molar-refractivity contribution in [3.63, 3.8) is 0 Å². The molecule has 3 N–H and O–H groups in total. The van der Waals surface area contributed by atoms with Gasteiger partial charge < -0.3 is 20.1 Å². The Balaban J connectivity index is 1.70. The molecule has 1 aliphatic heterocycles. The lowest BCUT2D eigenvalue weighted by molar-refractivity contribution is -0.142. The van der Waals surface area contributed by atoms with Crippen LogP contribution in [0.1, 0.15) is 39.2 Å². The Bertz CT molecular complexity index is 914. The van der Waals surface area contributed by atoms with Crippen LogP contribution in [-0.4, -0.2) is 57.2 Å². The van der Waals surface area contributed by atoms with E-state index in [0.29, 0.717) is 19.4 Å². The maximum absolute atomic E-state index is 12.8. The number of H-pyrrole nitrogens is 1. The zero-order valence-corrected chi connectivity index (χ0v) is 16.9. The number of nitrogens with one attached hydrogen (secondary N) is 2. The number of benzene rings is 1. The third-order valence-electron chi connectivity index (χ3n) is 4.90. The zero-order valence-electron chi connectivity index (χ0n) is 16.9. The van der Waals surface area contributed by atoms with Crippen molar-refractivity contribution < 1.29 is 24.2 Å². The van der Waals surface area contributed by atoms with Crippen LogP contribution in [-0.2, 0) is 20.7 Å². The highest BCUT2D eigenvalue weighted by Gasteiger charge is 2.38. The van der Waals surface area contributed by atoms with Crippen molar-refractivity contribution in [2.24, 2.45) is 0 Å². The van der Waals surface area contributed by atoms with E-state index in [-0.39, 0.29) is 6.42 Å². The van der Waals surface area contributed by atoms with Crippen LogP contribution in [0.2, 0.25) is 0 Å². The Morgan fingerprint density at radius 3 is 2.72 bits per heavy atom. The van der Waals surface area contributed by atoms with Gasteiger partial charge in [-0.15, -0.1) is 0 Å². The standard InChI is InChI=1S/C21H27N3O5/c1-21(2,3)29-20(28)24-10-6-9-17(24)18(25)23-16(19(26)27)11-13-12-22-15-8-5-4-7-14(13)15/h4-5,7-8,12,16-17,22H,6,9-11H2,1-3H3,(H,23,25)(H,26,27)/t16-,17-/m0/s1. The van der Waals surface area contributed by atoms with Gasteiger partial charge in [0.2, 0.25) is 5.91 Å². The number of carbonyl (C=O) groups is 3. The highest BCUT2D eigenvalue weighted by Crippen LogP contribution is 2.22.